The maximum Gasteiger partial charge on any atom is 0.257 e. The van der Waals surface area contributed by atoms with Gasteiger partial charge in [0.15, 0.2) is 5.82 Å². The summed E-state index contributed by atoms with van der Waals surface area (Å²) < 4.78 is 11.0. The van der Waals surface area contributed by atoms with Crippen molar-refractivity contribution < 1.29 is 14.1 Å². The predicted octanol–water partition coefficient (Wildman–Crippen LogP) is 3.04. The molecule has 1 aromatic heterocycles. The number of ether oxygens (including phenoxy) is 1. The molecule has 0 spiro atoms. The van der Waals surface area contributed by atoms with Gasteiger partial charge in [-0.25, -0.2) is 0 Å². The van der Waals surface area contributed by atoms with E-state index in [1.807, 2.05) is 30.3 Å². The Bertz CT molecular complexity index is 815. The molecule has 142 valence electrons. The van der Waals surface area contributed by atoms with Gasteiger partial charge >= 0.3 is 0 Å². The van der Waals surface area contributed by atoms with Crippen molar-refractivity contribution in [3.05, 3.63) is 36.2 Å². The first-order chi connectivity index (χ1) is 13.3. The van der Waals surface area contributed by atoms with Gasteiger partial charge in [-0.05, 0) is 43.7 Å². The molecule has 1 amide bonds. The van der Waals surface area contributed by atoms with Crippen LogP contribution in [0.2, 0.25) is 0 Å². The summed E-state index contributed by atoms with van der Waals surface area (Å²) in [6.07, 6.45) is 5.01. The molecule has 0 radical (unpaired) electrons. The molecule has 1 aliphatic carbocycles. The summed E-state index contributed by atoms with van der Waals surface area (Å²) >= 11 is 0. The van der Waals surface area contributed by atoms with Crippen molar-refractivity contribution >= 4 is 5.91 Å². The number of fused-ring (bicyclic) bond motifs is 1. The minimum atomic E-state index is -0.142. The molecule has 6 heteroatoms. The van der Waals surface area contributed by atoms with Gasteiger partial charge in [0.05, 0.1) is 5.41 Å². The highest BCUT2D eigenvalue weighted by atomic mass is 16.5. The summed E-state index contributed by atoms with van der Waals surface area (Å²) in [5, 5.41) is 4.37. The van der Waals surface area contributed by atoms with Crippen LogP contribution in [0.5, 0.6) is 0 Å². The van der Waals surface area contributed by atoms with E-state index in [0.29, 0.717) is 30.9 Å². The number of hydrogen-bond acceptors (Lipinski definition) is 5. The van der Waals surface area contributed by atoms with E-state index in [4.69, 9.17) is 14.2 Å². The number of carbonyl (C=O) groups is 1. The molecule has 3 fully saturated rings. The first kappa shape index (κ1) is 16.9. The number of aromatic nitrogens is 2. The molecular formula is C21H25N3O3. The Kier molecular flexibility index (Phi) is 4.23. The molecule has 3 heterocycles. The zero-order chi connectivity index (χ0) is 18.3. The Balaban J connectivity index is 1.40. The molecule has 5 rings (SSSR count). The third kappa shape index (κ3) is 2.87. The number of amides is 1. The third-order valence-electron chi connectivity index (χ3n) is 6.65. The topological polar surface area (TPSA) is 68.5 Å². The van der Waals surface area contributed by atoms with Crippen LogP contribution < -0.4 is 0 Å². The molecule has 2 saturated heterocycles. The third-order valence-corrected chi connectivity index (χ3v) is 6.65. The van der Waals surface area contributed by atoms with Crippen LogP contribution in [0.25, 0.3) is 11.5 Å². The fraction of sp³-hybridized carbons (Fsp3) is 0.571. The normalized spacial score (nSPS) is 28.4. The van der Waals surface area contributed by atoms with Gasteiger partial charge in [0.25, 0.3) is 5.89 Å². The molecule has 1 aromatic carbocycles. The zero-order valence-corrected chi connectivity index (χ0v) is 15.5. The average molecular weight is 367 g/mol. The van der Waals surface area contributed by atoms with Gasteiger partial charge in [-0.3, -0.25) is 4.79 Å². The van der Waals surface area contributed by atoms with Crippen molar-refractivity contribution in [3.8, 4) is 11.5 Å². The molecule has 0 unspecified atom stereocenters. The van der Waals surface area contributed by atoms with Crippen LogP contribution in [0.4, 0.5) is 0 Å². The van der Waals surface area contributed by atoms with Gasteiger partial charge < -0.3 is 14.2 Å². The summed E-state index contributed by atoms with van der Waals surface area (Å²) in [6.45, 7) is 2.95. The highest BCUT2D eigenvalue weighted by Gasteiger charge is 2.55. The van der Waals surface area contributed by atoms with Gasteiger partial charge in [0, 0.05) is 37.8 Å². The lowest BCUT2D eigenvalue weighted by molar-refractivity contribution is -0.137. The second-order valence-corrected chi connectivity index (χ2v) is 8.14. The molecule has 27 heavy (non-hydrogen) atoms. The largest absolute Gasteiger partial charge is 0.381 e. The van der Waals surface area contributed by atoms with E-state index < -0.39 is 0 Å². The van der Waals surface area contributed by atoms with Crippen LogP contribution in [0.15, 0.2) is 34.9 Å². The number of nitrogens with zero attached hydrogens (tertiary/aromatic N) is 3. The van der Waals surface area contributed by atoms with Crippen LogP contribution in [0.1, 0.15) is 37.9 Å². The van der Waals surface area contributed by atoms with E-state index in [1.54, 1.807) is 0 Å². The molecule has 2 atom stereocenters. The Labute approximate surface area is 158 Å². The fourth-order valence-electron chi connectivity index (χ4n) is 5.15. The van der Waals surface area contributed by atoms with E-state index in [9.17, 15) is 4.79 Å². The first-order valence-electron chi connectivity index (χ1n) is 10.0. The smallest absolute Gasteiger partial charge is 0.257 e. The molecule has 0 bridgehead atoms. The number of carbonyl (C=O) groups excluding carboxylic acids is 1. The maximum absolute atomic E-state index is 13.0. The van der Waals surface area contributed by atoms with Crippen molar-refractivity contribution in [3.63, 3.8) is 0 Å². The van der Waals surface area contributed by atoms with Crippen LogP contribution >= 0.6 is 0 Å². The maximum atomic E-state index is 13.0. The minimum absolute atomic E-state index is 0.111. The first-order valence-corrected chi connectivity index (χ1v) is 10.0. The molecular weight excluding hydrogens is 342 g/mol. The van der Waals surface area contributed by atoms with Gasteiger partial charge in [-0.1, -0.05) is 29.8 Å². The van der Waals surface area contributed by atoms with E-state index in [2.05, 4.69) is 10.1 Å². The van der Waals surface area contributed by atoms with Gasteiger partial charge in [-0.15, -0.1) is 0 Å². The average Bonchev–Trinajstić information content (AvgIpc) is 3.43. The highest BCUT2D eigenvalue weighted by molar-refractivity contribution is 5.79. The second kappa shape index (κ2) is 6.75. The summed E-state index contributed by atoms with van der Waals surface area (Å²) in [5.74, 6) is 2.19. The summed E-state index contributed by atoms with van der Waals surface area (Å²) in [4.78, 5) is 19.9. The quantitative estimate of drug-likeness (QED) is 0.834. The molecule has 2 aliphatic heterocycles. The van der Waals surface area contributed by atoms with Gasteiger partial charge in [0.2, 0.25) is 5.91 Å². The number of benzene rings is 1. The lowest BCUT2D eigenvalue weighted by Crippen LogP contribution is -2.39. The second-order valence-electron chi connectivity index (χ2n) is 8.14. The Morgan fingerprint density at radius 1 is 1.15 bits per heavy atom. The molecule has 0 N–H and O–H groups in total. The number of rotatable bonds is 3. The monoisotopic (exact) mass is 367 g/mol. The van der Waals surface area contributed by atoms with Crippen molar-refractivity contribution in [2.75, 3.05) is 26.3 Å². The lowest BCUT2D eigenvalue weighted by Gasteiger charge is -2.28. The Hall–Kier alpha value is -2.21. The number of hydrogen-bond donors (Lipinski definition) is 0. The van der Waals surface area contributed by atoms with Crippen LogP contribution in [-0.2, 0) is 14.9 Å². The SMILES string of the molecule is O=C(C1CCOCC1)N1C[C@H]2CCC[C@@]2(c2noc(-c3ccccc3)n2)C1. The van der Waals surface area contributed by atoms with Crippen molar-refractivity contribution in [1.29, 1.82) is 0 Å². The molecule has 1 saturated carbocycles. The van der Waals surface area contributed by atoms with E-state index in [1.165, 1.54) is 6.42 Å². The molecule has 2 aromatic rings. The van der Waals surface area contributed by atoms with Gasteiger partial charge in [0.1, 0.15) is 0 Å². The molecule has 3 aliphatic rings. The summed E-state index contributed by atoms with van der Waals surface area (Å²) in [6, 6.07) is 9.89. The highest BCUT2D eigenvalue weighted by Crippen LogP contribution is 2.50. The van der Waals surface area contributed by atoms with E-state index in [0.717, 1.165) is 50.2 Å². The standard InChI is InChI=1S/C21H25N3O3/c25-19(16-8-11-26-12-9-16)24-13-17-7-4-10-21(17,14-24)20-22-18(27-23-20)15-5-2-1-3-6-15/h1-3,5-6,16-17H,4,7-14H2/t17-,21-/m1/s1. The minimum Gasteiger partial charge on any atom is -0.381 e. The van der Waals surface area contributed by atoms with Crippen LogP contribution in [0, 0.1) is 11.8 Å². The zero-order valence-electron chi connectivity index (χ0n) is 15.5. The van der Waals surface area contributed by atoms with Crippen molar-refractivity contribution in [2.45, 2.75) is 37.5 Å². The van der Waals surface area contributed by atoms with Gasteiger partial charge in [-0.2, -0.15) is 4.98 Å². The van der Waals surface area contributed by atoms with E-state index in [-0.39, 0.29) is 11.3 Å². The summed E-state index contributed by atoms with van der Waals surface area (Å²) in [5.41, 5.74) is 0.799. The lowest BCUT2D eigenvalue weighted by atomic mass is 9.80. The summed E-state index contributed by atoms with van der Waals surface area (Å²) in [7, 11) is 0. The van der Waals surface area contributed by atoms with E-state index >= 15 is 0 Å². The van der Waals surface area contributed by atoms with Crippen molar-refractivity contribution in [1.82, 2.24) is 15.0 Å². The predicted molar refractivity (Wildman–Crippen MR) is 98.9 cm³/mol. The van der Waals surface area contributed by atoms with Crippen molar-refractivity contribution in [2.24, 2.45) is 11.8 Å². The Morgan fingerprint density at radius 3 is 2.78 bits per heavy atom. The van der Waals surface area contributed by atoms with Crippen LogP contribution in [0.3, 0.4) is 0 Å². The number of likely N-dealkylation sites (tertiary alicyclic amines) is 1. The Morgan fingerprint density at radius 2 is 1.96 bits per heavy atom. The van der Waals surface area contributed by atoms with Crippen LogP contribution in [-0.4, -0.2) is 47.3 Å². The fourth-order valence-corrected chi connectivity index (χ4v) is 5.15. The molecule has 6 nitrogen and oxygen atoms in total.